The number of nitrogens with zero attached hydrogens (tertiary/aromatic N) is 2. The summed E-state index contributed by atoms with van der Waals surface area (Å²) in [5, 5.41) is 12.0. The first-order valence-corrected chi connectivity index (χ1v) is 23.2. The highest BCUT2D eigenvalue weighted by molar-refractivity contribution is 6.08. The Hall–Kier alpha value is -4.58. The molecular weight excluding hydrogens is 713 g/mol. The predicted molar refractivity (Wildman–Crippen MR) is 244 cm³/mol. The first-order chi connectivity index (χ1) is 28.7. The Morgan fingerprint density at radius 3 is 1.00 bits per heavy atom. The summed E-state index contributed by atoms with van der Waals surface area (Å²) in [5.41, 5.74) is 5.38. The monoisotopic (exact) mass is 781 g/mol. The number of benzene rings is 4. The number of para-hydroxylation sites is 4. The van der Waals surface area contributed by atoms with E-state index in [0.717, 1.165) is 64.5 Å². The van der Waals surface area contributed by atoms with Crippen LogP contribution < -0.4 is 10.6 Å². The number of amides is 2. The summed E-state index contributed by atoms with van der Waals surface area (Å²) < 4.78 is 5.00. The summed E-state index contributed by atoms with van der Waals surface area (Å²) in [5.74, 6) is 0.311. The minimum atomic E-state index is 0.0719. The normalized spacial score (nSPS) is 15.8. The molecular formula is C52H68N4O2. The number of rotatable bonds is 24. The molecule has 1 aliphatic carbocycles. The highest BCUT2D eigenvalue weighted by Gasteiger charge is 2.27. The first-order valence-electron chi connectivity index (χ1n) is 23.2. The van der Waals surface area contributed by atoms with Crippen molar-refractivity contribution in [1.29, 1.82) is 0 Å². The van der Waals surface area contributed by atoms with Gasteiger partial charge in [-0.15, -0.1) is 0 Å². The maximum absolute atomic E-state index is 12.9. The Balaban J connectivity index is 0.684. The Kier molecular flexibility index (Phi) is 15.8. The van der Waals surface area contributed by atoms with E-state index in [9.17, 15) is 9.59 Å². The van der Waals surface area contributed by atoms with Crippen LogP contribution >= 0.6 is 0 Å². The average molecular weight is 781 g/mol. The fraction of sp³-hybridized carbons (Fsp3) is 0.500. The van der Waals surface area contributed by atoms with Gasteiger partial charge >= 0.3 is 0 Å². The molecule has 0 radical (unpaired) electrons. The van der Waals surface area contributed by atoms with Gasteiger partial charge in [0.05, 0.1) is 0 Å². The molecule has 0 unspecified atom stereocenters. The summed E-state index contributed by atoms with van der Waals surface area (Å²) in [6.07, 6.45) is 24.4. The molecule has 58 heavy (non-hydrogen) atoms. The molecule has 2 N–H and O–H groups in total. The average Bonchev–Trinajstić information content (AvgIpc) is 3.75. The number of hydrogen-bond donors (Lipinski definition) is 2. The third kappa shape index (κ3) is 11.1. The maximum Gasteiger partial charge on any atom is 0.220 e. The zero-order chi connectivity index (χ0) is 39.8. The van der Waals surface area contributed by atoms with Gasteiger partial charge in [0.1, 0.15) is 0 Å². The van der Waals surface area contributed by atoms with Crippen LogP contribution in [0.3, 0.4) is 0 Å². The van der Waals surface area contributed by atoms with Gasteiger partial charge in [0.15, 0.2) is 0 Å². The molecule has 0 spiro atoms. The van der Waals surface area contributed by atoms with E-state index in [-0.39, 0.29) is 23.9 Å². The SMILES string of the molecule is O=C(CCCCCCCCCCn1c2ccccc2c2ccccc21)N[C@@H]1CCCC[C@H]1NC(=O)CCCCCCCCCCn1c2ccccc2c2ccccc21. The summed E-state index contributed by atoms with van der Waals surface area (Å²) in [6, 6.07) is 35.3. The largest absolute Gasteiger partial charge is 0.351 e. The van der Waals surface area contributed by atoms with E-state index in [4.69, 9.17) is 0 Å². The van der Waals surface area contributed by atoms with Crippen LogP contribution in [0.2, 0.25) is 0 Å². The van der Waals surface area contributed by atoms with E-state index in [2.05, 4.69) is 117 Å². The number of unbranched alkanes of at least 4 members (excludes halogenated alkanes) is 14. The van der Waals surface area contributed by atoms with Crippen LogP contribution in [0.15, 0.2) is 97.1 Å². The highest BCUT2D eigenvalue weighted by Crippen LogP contribution is 2.31. The van der Waals surface area contributed by atoms with Crippen molar-refractivity contribution in [2.75, 3.05) is 0 Å². The maximum atomic E-state index is 12.9. The van der Waals surface area contributed by atoms with Crippen molar-refractivity contribution in [3.8, 4) is 0 Å². The van der Waals surface area contributed by atoms with Crippen molar-refractivity contribution in [1.82, 2.24) is 19.8 Å². The summed E-state index contributed by atoms with van der Waals surface area (Å²) >= 11 is 0. The standard InChI is InChI=1S/C52H68N4O2/c57-51(37-13-9-5-1-3-7-11-25-39-55-47-33-21-15-27-41(47)42-28-16-22-34-48(42)55)53-45-31-19-20-32-46(45)54-52(58)38-14-10-6-2-4-8-12-26-40-56-49-35-23-17-29-43(49)44-30-18-24-36-50(44)56/h15-18,21-24,27-30,33-36,45-46H,1-14,19-20,25-26,31-32,37-40H2,(H,53,57)(H,54,58)/t45-,46-/m1/s1. The van der Waals surface area contributed by atoms with Crippen LogP contribution in [0.25, 0.3) is 43.6 Å². The van der Waals surface area contributed by atoms with Crippen LogP contribution in [0.1, 0.15) is 141 Å². The Morgan fingerprint density at radius 2 is 0.672 bits per heavy atom. The smallest absolute Gasteiger partial charge is 0.220 e. The molecule has 2 heterocycles. The van der Waals surface area contributed by atoms with Gasteiger partial charge in [-0.1, -0.05) is 163 Å². The van der Waals surface area contributed by atoms with E-state index in [1.165, 1.54) is 121 Å². The summed E-state index contributed by atoms with van der Waals surface area (Å²) in [4.78, 5) is 25.8. The van der Waals surface area contributed by atoms with Crippen LogP contribution in [-0.2, 0) is 22.7 Å². The molecule has 1 aliphatic rings. The molecule has 2 aromatic heterocycles. The van der Waals surface area contributed by atoms with Crippen molar-refractivity contribution in [2.45, 2.75) is 166 Å². The molecule has 6 heteroatoms. The van der Waals surface area contributed by atoms with Gasteiger partial charge < -0.3 is 19.8 Å². The topological polar surface area (TPSA) is 68.1 Å². The van der Waals surface area contributed by atoms with Gasteiger partial charge in [-0.2, -0.15) is 0 Å². The van der Waals surface area contributed by atoms with Gasteiger partial charge in [0.2, 0.25) is 11.8 Å². The Labute approximate surface area is 347 Å². The van der Waals surface area contributed by atoms with E-state index < -0.39 is 0 Å². The molecule has 6 nitrogen and oxygen atoms in total. The fourth-order valence-corrected chi connectivity index (χ4v) is 9.75. The second-order valence-electron chi connectivity index (χ2n) is 17.2. The lowest BCUT2D eigenvalue weighted by Crippen LogP contribution is -2.53. The van der Waals surface area contributed by atoms with Crippen molar-refractivity contribution in [2.24, 2.45) is 0 Å². The molecule has 2 amide bonds. The van der Waals surface area contributed by atoms with Gasteiger partial charge in [0, 0.05) is 81.6 Å². The second-order valence-corrected chi connectivity index (χ2v) is 17.2. The van der Waals surface area contributed by atoms with Gasteiger partial charge in [0.25, 0.3) is 0 Å². The van der Waals surface area contributed by atoms with Gasteiger partial charge in [-0.25, -0.2) is 0 Å². The van der Waals surface area contributed by atoms with Crippen LogP contribution in [-0.4, -0.2) is 33.0 Å². The molecule has 1 saturated carbocycles. The zero-order valence-electron chi connectivity index (χ0n) is 35.1. The third-order valence-corrected chi connectivity index (χ3v) is 12.9. The van der Waals surface area contributed by atoms with Crippen molar-refractivity contribution in [3.05, 3.63) is 97.1 Å². The number of hydrogen-bond acceptors (Lipinski definition) is 2. The molecule has 0 aliphatic heterocycles. The number of nitrogens with one attached hydrogen (secondary N) is 2. The van der Waals surface area contributed by atoms with Crippen LogP contribution in [0, 0.1) is 0 Å². The predicted octanol–water partition coefficient (Wildman–Crippen LogP) is 13.2. The highest BCUT2D eigenvalue weighted by atomic mass is 16.2. The van der Waals surface area contributed by atoms with Gasteiger partial charge in [-0.3, -0.25) is 9.59 Å². The van der Waals surface area contributed by atoms with E-state index in [0.29, 0.717) is 12.8 Å². The summed E-state index contributed by atoms with van der Waals surface area (Å²) in [6.45, 7) is 2.14. The Morgan fingerprint density at radius 1 is 0.397 bits per heavy atom. The number of carbonyl (C=O) groups is 2. The molecule has 1 fully saturated rings. The van der Waals surface area contributed by atoms with E-state index in [1.54, 1.807) is 0 Å². The molecule has 7 rings (SSSR count). The third-order valence-electron chi connectivity index (χ3n) is 12.9. The number of aromatic nitrogens is 2. The van der Waals surface area contributed by atoms with Crippen molar-refractivity contribution in [3.63, 3.8) is 0 Å². The lowest BCUT2D eigenvalue weighted by atomic mass is 9.90. The molecule has 0 saturated heterocycles. The second kappa shape index (κ2) is 22.0. The lowest BCUT2D eigenvalue weighted by Gasteiger charge is -2.33. The molecule has 4 aromatic carbocycles. The van der Waals surface area contributed by atoms with Gasteiger partial charge in [-0.05, 0) is 62.8 Å². The zero-order valence-corrected chi connectivity index (χ0v) is 35.1. The number of carbonyl (C=O) groups excluding carboxylic acids is 2. The quantitative estimate of drug-likeness (QED) is 0.0601. The van der Waals surface area contributed by atoms with E-state index in [1.807, 2.05) is 0 Å². The Bertz CT molecular complexity index is 1930. The van der Waals surface area contributed by atoms with Crippen LogP contribution in [0.5, 0.6) is 0 Å². The number of fused-ring (bicyclic) bond motifs is 6. The minimum absolute atomic E-state index is 0.0719. The minimum Gasteiger partial charge on any atom is -0.351 e. The molecule has 6 aromatic rings. The van der Waals surface area contributed by atoms with E-state index >= 15 is 0 Å². The lowest BCUT2D eigenvalue weighted by molar-refractivity contribution is -0.125. The first kappa shape index (κ1) is 41.6. The molecule has 0 bridgehead atoms. The molecule has 2 atom stereocenters. The fourth-order valence-electron chi connectivity index (χ4n) is 9.75. The van der Waals surface area contributed by atoms with Crippen LogP contribution in [0.4, 0.5) is 0 Å². The van der Waals surface area contributed by atoms with Crippen molar-refractivity contribution >= 4 is 55.4 Å². The summed E-state index contributed by atoms with van der Waals surface area (Å²) in [7, 11) is 0. The number of aryl methyl sites for hydroxylation is 2. The molecule has 308 valence electrons. The van der Waals surface area contributed by atoms with Crippen molar-refractivity contribution < 1.29 is 9.59 Å².